The molecule has 5 rings (SSSR count). The molecule has 0 atom stereocenters. The normalized spacial score (nSPS) is 11.9. The van der Waals surface area contributed by atoms with Crippen LogP contribution in [-0.2, 0) is 0 Å². The smallest absolute Gasteiger partial charge is 0.255 e. The molecular formula is C30H22N2O4. The maximum atomic E-state index is 13.6. The van der Waals surface area contributed by atoms with Gasteiger partial charge in [-0.1, -0.05) is 59.7 Å². The number of rotatable bonds is 4. The van der Waals surface area contributed by atoms with Crippen LogP contribution in [0.3, 0.4) is 0 Å². The van der Waals surface area contributed by atoms with E-state index in [0.29, 0.717) is 11.1 Å². The van der Waals surface area contributed by atoms with Gasteiger partial charge in [0, 0.05) is 22.3 Å². The van der Waals surface area contributed by atoms with Crippen LogP contribution >= 0.6 is 0 Å². The number of ketones is 2. The van der Waals surface area contributed by atoms with Crippen LogP contribution in [0.25, 0.3) is 0 Å². The van der Waals surface area contributed by atoms with Crippen molar-refractivity contribution < 1.29 is 19.2 Å². The average Bonchev–Trinajstić information content (AvgIpc) is 2.88. The molecule has 1 aliphatic rings. The maximum Gasteiger partial charge on any atom is 0.255 e. The van der Waals surface area contributed by atoms with Crippen LogP contribution in [0.1, 0.15) is 63.7 Å². The molecule has 0 saturated heterocycles. The van der Waals surface area contributed by atoms with Gasteiger partial charge >= 0.3 is 0 Å². The van der Waals surface area contributed by atoms with Crippen molar-refractivity contribution >= 4 is 34.8 Å². The number of anilines is 2. The minimum absolute atomic E-state index is 0.0572. The van der Waals surface area contributed by atoms with Gasteiger partial charge in [-0.25, -0.2) is 0 Å². The van der Waals surface area contributed by atoms with Gasteiger partial charge in [0.2, 0.25) is 0 Å². The maximum absolute atomic E-state index is 13.6. The summed E-state index contributed by atoms with van der Waals surface area (Å²) in [5, 5.41) is 5.58. The van der Waals surface area contributed by atoms with Crippen molar-refractivity contribution in [2.45, 2.75) is 13.8 Å². The van der Waals surface area contributed by atoms with E-state index < -0.39 is 23.4 Å². The van der Waals surface area contributed by atoms with E-state index in [9.17, 15) is 19.2 Å². The van der Waals surface area contributed by atoms with Crippen LogP contribution in [0.4, 0.5) is 11.4 Å². The molecule has 2 N–H and O–H groups in total. The SMILES string of the molecule is Cc1cccc(C(=O)Nc2ccc(NC(=O)c3cccc(C)c3)c3c2C(=O)c2ccccc2C3=O)c1. The number of aryl methyl sites for hydroxylation is 2. The van der Waals surface area contributed by atoms with Gasteiger partial charge in [-0.05, 0) is 50.2 Å². The Kier molecular flexibility index (Phi) is 5.78. The molecule has 4 aromatic rings. The summed E-state index contributed by atoms with van der Waals surface area (Å²) in [5.74, 6) is -1.61. The predicted molar refractivity (Wildman–Crippen MR) is 138 cm³/mol. The monoisotopic (exact) mass is 474 g/mol. The highest BCUT2D eigenvalue weighted by Gasteiger charge is 2.34. The van der Waals surface area contributed by atoms with Crippen LogP contribution in [0.15, 0.2) is 84.9 Å². The Bertz CT molecular complexity index is 1470. The molecule has 0 fully saturated rings. The minimum atomic E-state index is -0.406. The molecule has 0 bridgehead atoms. The molecule has 1 aliphatic carbocycles. The van der Waals surface area contributed by atoms with Crippen molar-refractivity contribution in [2.24, 2.45) is 0 Å². The van der Waals surface area contributed by atoms with E-state index >= 15 is 0 Å². The van der Waals surface area contributed by atoms with Gasteiger partial charge in [0.25, 0.3) is 11.8 Å². The molecule has 0 unspecified atom stereocenters. The van der Waals surface area contributed by atoms with Gasteiger partial charge in [0.1, 0.15) is 0 Å². The fourth-order valence-electron chi connectivity index (χ4n) is 4.39. The van der Waals surface area contributed by atoms with Crippen molar-refractivity contribution in [3.05, 3.63) is 129 Å². The lowest BCUT2D eigenvalue weighted by Gasteiger charge is -2.23. The topological polar surface area (TPSA) is 92.3 Å². The summed E-state index contributed by atoms with van der Waals surface area (Å²) in [6.45, 7) is 3.76. The molecule has 4 aromatic carbocycles. The van der Waals surface area contributed by atoms with Gasteiger partial charge in [0.15, 0.2) is 11.6 Å². The number of fused-ring (bicyclic) bond motifs is 2. The van der Waals surface area contributed by atoms with Crippen LogP contribution in [0.5, 0.6) is 0 Å². The van der Waals surface area contributed by atoms with Crippen LogP contribution in [-0.4, -0.2) is 23.4 Å². The Morgan fingerprint density at radius 3 is 1.36 bits per heavy atom. The highest BCUT2D eigenvalue weighted by atomic mass is 16.2. The third kappa shape index (κ3) is 4.09. The fourth-order valence-corrected chi connectivity index (χ4v) is 4.39. The lowest BCUT2D eigenvalue weighted by molar-refractivity contribution is 0.0977. The van der Waals surface area contributed by atoms with Crippen LogP contribution < -0.4 is 10.6 Å². The number of carbonyl (C=O) groups excluding carboxylic acids is 4. The van der Waals surface area contributed by atoms with E-state index in [-0.39, 0.29) is 33.6 Å². The Hall–Kier alpha value is -4.84. The van der Waals surface area contributed by atoms with Crippen LogP contribution in [0, 0.1) is 13.8 Å². The first-order valence-corrected chi connectivity index (χ1v) is 11.4. The Balaban J connectivity index is 1.60. The number of hydrogen-bond donors (Lipinski definition) is 2. The molecule has 2 amide bonds. The highest BCUT2D eigenvalue weighted by molar-refractivity contribution is 6.33. The van der Waals surface area contributed by atoms with Crippen LogP contribution in [0.2, 0.25) is 0 Å². The van der Waals surface area contributed by atoms with Gasteiger partial charge in [0.05, 0.1) is 22.5 Å². The largest absolute Gasteiger partial charge is 0.321 e. The second-order valence-corrected chi connectivity index (χ2v) is 8.76. The molecule has 0 aromatic heterocycles. The van der Waals surface area contributed by atoms with Crippen molar-refractivity contribution in [2.75, 3.05) is 10.6 Å². The first kappa shape index (κ1) is 22.9. The summed E-state index contributed by atoms with van der Waals surface area (Å²) in [5.41, 5.74) is 3.72. The van der Waals surface area contributed by atoms with Gasteiger partial charge in [-0.2, -0.15) is 0 Å². The zero-order chi connectivity index (χ0) is 25.4. The number of nitrogens with one attached hydrogen (secondary N) is 2. The van der Waals surface area contributed by atoms with Crippen molar-refractivity contribution in [1.29, 1.82) is 0 Å². The van der Waals surface area contributed by atoms with E-state index in [2.05, 4.69) is 10.6 Å². The molecule has 6 heteroatoms. The first-order valence-electron chi connectivity index (χ1n) is 11.4. The number of benzene rings is 4. The summed E-state index contributed by atoms with van der Waals surface area (Å²) < 4.78 is 0. The quantitative estimate of drug-likeness (QED) is 0.356. The third-order valence-corrected chi connectivity index (χ3v) is 6.13. The summed E-state index contributed by atoms with van der Waals surface area (Å²) in [6, 6.07) is 23.7. The Morgan fingerprint density at radius 2 is 0.972 bits per heavy atom. The molecule has 176 valence electrons. The lowest BCUT2D eigenvalue weighted by atomic mass is 9.82. The standard InChI is InChI=1S/C30H22N2O4/c1-17-7-5-9-19(15-17)29(35)31-23-13-14-24(32-30(36)20-10-6-8-18(2)16-20)26-25(23)27(33)21-11-3-4-12-22(21)28(26)34/h3-16H,1-2H3,(H,31,35)(H,32,36). The summed E-state index contributed by atoms with van der Waals surface area (Å²) >= 11 is 0. The minimum Gasteiger partial charge on any atom is -0.321 e. The van der Waals surface area contributed by atoms with Crippen molar-refractivity contribution in [3.8, 4) is 0 Å². The Labute approximate surface area is 208 Å². The van der Waals surface area contributed by atoms with Gasteiger partial charge in [-0.15, -0.1) is 0 Å². The zero-order valence-corrected chi connectivity index (χ0v) is 19.7. The van der Waals surface area contributed by atoms with E-state index in [1.807, 2.05) is 26.0 Å². The van der Waals surface area contributed by atoms with E-state index in [0.717, 1.165) is 11.1 Å². The number of amides is 2. The summed E-state index contributed by atoms with van der Waals surface area (Å²) in [6.07, 6.45) is 0. The van der Waals surface area contributed by atoms with Crippen molar-refractivity contribution in [1.82, 2.24) is 0 Å². The number of hydrogen-bond acceptors (Lipinski definition) is 4. The zero-order valence-electron chi connectivity index (χ0n) is 19.7. The second kappa shape index (κ2) is 9.07. The average molecular weight is 475 g/mol. The molecule has 0 aliphatic heterocycles. The Morgan fingerprint density at radius 1 is 0.556 bits per heavy atom. The number of carbonyl (C=O) groups is 4. The van der Waals surface area contributed by atoms with Gasteiger partial charge in [-0.3, -0.25) is 19.2 Å². The van der Waals surface area contributed by atoms with E-state index in [4.69, 9.17) is 0 Å². The first-order chi connectivity index (χ1) is 17.3. The third-order valence-electron chi connectivity index (χ3n) is 6.13. The molecule has 36 heavy (non-hydrogen) atoms. The summed E-state index contributed by atoms with van der Waals surface area (Å²) in [7, 11) is 0. The fraction of sp³-hybridized carbons (Fsp3) is 0.0667. The molecule has 0 spiro atoms. The molecular weight excluding hydrogens is 452 g/mol. The van der Waals surface area contributed by atoms with Gasteiger partial charge < -0.3 is 10.6 Å². The molecule has 0 radical (unpaired) electrons. The molecule has 0 saturated carbocycles. The lowest BCUT2D eigenvalue weighted by Crippen LogP contribution is -2.26. The summed E-state index contributed by atoms with van der Waals surface area (Å²) in [4.78, 5) is 53.1. The second-order valence-electron chi connectivity index (χ2n) is 8.76. The van der Waals surface area contributed by atoms with E-state index in [1.54, 1.807) is 60.7 Å². The van der Waals surface area contributed by atoms with Crippen molar-refractivity contribution in [3.63, 3.8) is 0 Å². The van der Waals surface area contributed by atoms with E-state index in [1.165, 1.54) is 12.1 Å². The highest BCUT2D eigenvalue weighted by Crippen LogP contribution is 2.37. The predicted octanol–water partition coefficient (Wildman–Crippen LogP) is 5.58. The molecule has 0 heterocycles. The molecule has 6 nitrogen and oxygen atoms in total.